The van der Waals surface area contributed by atoms with Crippen LogP contribution in [0.5, 0.6) is 0 Å². The summed E-state index contributed by atoms with van der Waals surface area (Å²) in [5.41, 5.74) is 0.123. The van der Waals surface area contributed by atoms with Crippen LogP contribution >= 0.6 is 0 Å². The number of morpholine rings is 1. The van der Waals surface area contributed by atoms with Gasteiger partial charge in [0.15, 0.2) is 0 Å². The highest BCUT2D eigenvalue weighted by atomic mass is 19.1. The van der Waals surface area contributed by atoms with Crippen LogP contribution < -0.4 is 5.32 Å². The molecule has 10 nitrogen and oxygen atoms in total. The van der Waals surface area contributed by atoms with Gasteiger partial charge in [-0.25, -0.2) is 9.18 Å². The molecule has 206 valence electrons. The van der Waals surface area contributed by atoms with E-state index in [4.69, 9.17) is 9.47 Å². The van der Waals surface area contributed by atoms with Crippen molar-refractivity contribution < 1.29 is 33.5 Å². The zero-order chi connectivity index (χ0) is 27.7. The van der Waals surface area contributed by atoms with Crippen LogP contribution in [0.3, 0.4) is 0 Å². The predicted octanol–water partition coefficient (Wildman–Crippen LogP) is 1.42. The Kier molecular flexibility index (Phi) is 10.7. The molecule has 1 aromatic carbocycles. The highest BCUT2D eigenvalue weighted by Gasteiger charge is 2.32. The number of benzene rings is 1. The van der Waals surface area contributed by atoms with E-state index < -0.39 is 42.5 Å². The number of likely N-dealkylation sites (tertiary alicyclic amines) is 1. The van der Waals surface area contributed by atoms with Gasteiger partial charge in [-0.05, 0) is 63.3 Å². The van der Waals surface area contributed by atoms with Crippen LogP contribution in [-0.2, 0) is 20.7 Å². The van der Waals surface area contributed by atoms with Gasteiger partial charge in [0.25, 0.3) is 5.91 Å². The maximum absolute atomic E-state index is 13.3. The van der Waals surface area contributed by atoms with E-state index in [-0.39, 0.29) is 18.5 Å². The molecule has 2 fully saturated rings. The van der Waals surface area contributed by atoms with E-state index in [1.807, 2.05) is 19.9 Å². The third-order valence-corrected chi connectivity index (χ3v) is 6.90. The van der Waals surface area contributed by atoms with E-state index in [2.05, 4.69) is 10.2 Å². The molecule has 12 heteroatoms. The fourth-order valence-electron chi connectivity index (χ4n) is 4.72. The lowest BCUT2D eigenvalue weighted by Gasteiger charge is -2.39. The number of hydrogen-bond acceptors (Lipinski definition) is 8. The molecule has 0 bridgehead atoms. The van der Waals surface area contributed by atoms with E-state index in [0.717, 1.165) is 0 Å². The van der Waals surface area contributed by atoms with Crippen molar-refractivity contribution in [1.82, 2.24) is 15.1 Å². The molecule has 0 aromatic heterocycles. The molecule has 1 aromatic rings. The first-order chi connectivity index (χ1) is 18.1. The second-order valence-electron chi connectivity index (χ2n) is 10.2. The standard InChI is InChI=1S/C26H36BFN4O6/c1-26(2,32-11-13-37-14-12-32)16-20(17-29)24(33)31-10-4-3-5-22(18-31)38-25(34)30-23(27(35)36)15-19-6-8-21(28)9-7-19/h6-9,16,22-23,35-36H,3-5,10-15,18H2,1-2H3,(H,30,34)/t22?,23-/m0/s1. The number of amides is 2. The van der Waals surface area contributed by atoms with Crippen LogP contribution in [0.4, 0.5) is 9.18 Å². The quantitative estimate of drug-likeness (QED) is 0.261. The molecule has 2 atom stereocenters. The summed E-state index contributed by atoms with van der Waals surface area (Å²) in [5.74, 6) is -1.91. The van der Waals surface area contributed by atoms with Gasteiger partial charge >= 0.3 is 13.2 Å². The van der Waals surface area contributed by atoms with E-state index in [1.54, 1.807) is 6.08 Å². The molecular weight excluding hydrogens is 494 g/mol. The Morgan fingerprint density at radius 3 is 2.58 bits per heavy atom. The molecular formula is C26H36BFN4O6. The summed E-state index contributed by atoms with van der Waals surface area (Å²) in [6, 6.07) is 7.53. The molecule has 1 unspecified atom stereocenters. The minimum atomic E-state index is -1.86. The number of halogens is 1. The molecule has 2 heterocycles. The Bertz CT molecular complexity index is 1020. The molecule has 3 rings (SSSR count). The van der Waals surface area contributed by atoms with Gasteiger partial charge in [-0.2, -0.15) is 5.26 Å². The third-order valence-electron chi connectivity index (χ3n) is 6.90. The van der Waals surface area contributed by atoms with Gasteiger partial charge < -0.3 is 29.7 Å². The molecule has 2 aliphatic heterocycles. The van der Waals surface area contributed by atoms with E-state index >= 15 is 0 Å². The smallest absolute Gasteiger partial charge is 0.444 e. The van der Waals surface area contributed by atoms with Gasteiger partial charge in [0.1, 0.15) is 23.6 Å². The summed E-state index contributed by atoms with van der Waals surface area (Å²) in [5, 5.41) is 31.7. The Morgan fingerprint density at radius 2 is 1.95 bits per heavy atom. The second-order valence-corrected chi connectivity index (χ2v) is 10.2. The Balaban J connectivity index is 1.62. The zero-order valence-electron chi connectivity index (χ0n) is 21.9. The van der Waals surface area contributed by atoms with Crippen LogP contribution in [0, 0.1) is 17.1 Å². The molecule has 0 radical (unpaired) electrons. The molecule has 0 spiro atoms. The highest BCUT2D eigenvalue weighted by molar-refractivity contribution is 6.43. The van der Waals surface area contributed by atoms with Crippen LogP contribution in [-0.4, -0.2) is 95.9 Å². The molecule has 38 heavy (non-hydrogen) atoms. The number of rotatable bonds is 8. The van der Waals surface area contributed by atoms with Crippen molar-refractivity contribution in [1.29, 1.82) is 5.26 Å². The highest BCUT2D eigenvalue weighted by Crippen LogP contribution is 2.22. The summed E-state index contributed by atoms with van der Waals surface area (Å²) in [6.07, 6.45) is 2.20. The van der Waals surface area contributed by atoms with Gasteiger partial charge in [-0.1, -0.05) is 12.1 Å². The number of alkyl carbamates (subject to hydrolysis) is 1. The zero-order valence-corrected chi connectivity index (χ0v) is 21.9. The number of carbonyl (C=O) groups excluding carboxylic acids is 2. The summed E-state index contributed by atoms with van der Waals surface area (Å²) in [4.78, 5) is 29.6. The summed E-state index contributed by atoms with van der Waals surface area (Å²) >= 11 is 0. The number of carbonyl (C=O) groups is 2. The number of ether oxygens (including phenoxy) is 2. The Morgan fingerprint density at radius 1 is 1.26 bits per heavy atom. The van der Waals surface area contributed by atoms with Crippen molar-refractivity contribution >= 4 is 19.1 Å². The molecule has 0 saturated carbocycles. The average Bonchev–Trinajstić information content (AvgIpc) is 3.13. The van der Waals surface area contributed by atoms with Crippen molar-refractivity contribution in [2.24, 2.45) is 0 Å². The second kappa shape index (κ2) is 13.7. The Hall–Kier alpha value is -2.98. The van der Waals surface area contributed by atoms with Crippen LogP contribution in [0.25, 0.3) is 0 Å². The average molecular weight is 530 g/mol. The van der Waals surface area contributed by atoms with E-state index in [9.17, 15) is 29.3 Å². The molecule has 2 saturated heterocycles. The SMILES string of the molecule is CC(C)(C=C(C#N)C(=O)N1CCCCC(OC(=O)N[C@@H](Cc2ccc(F)cc2)B(O)O)C1)N1CCOCC1. The van der Waals surface area contributed by atoms with Crippen molar-refractivity contribution in [3.05, 3.63) is 47.3 Å². The van der Waals surface area contributed by atoms with E-state index in [0.29, 0.717) is 57.7 Å². The van der Waals surface area contributed by atoms with Gasteiger partial charge in [-0.15, -0.1) is 0 Å². The van der Waals surface area contributed by atoms with Crippen molar-refractivity contribution in [3.8, 4) is 6.07 Å². The Labute approximate surface area is 223 Å². The number of nitrogens with zero attached hydrogens (tertiary/aromatic N) is 3. The topological polar surface area (TPSA) is 135 Å². The largest absolute Gasteiger partial charge is 0.475 e. The number of hydrogen-bond donors (Lipinski definition) is 3. The summed E-state index contributed by atoms with van der Waals surface area (Å²) in [6.45, 7) is 7.06. The van der Waals surface area contributed by atoms with Crippen LogP contribution in [0.15, 0.2) is 35.9 Å². The maximum Gasteiger partial charge on any atom is 0.475 e. The lowest BCUT2D eigenvalue weighted by Crippen LogP contribution is -2.50. The van der Waals surface area contributed by atoms with Crippen molar-refractivity contribution in [2.75, 3.05) is 39.4 Å². The maximum atomic E-state index is 13.3. The van der Waals surface area contributed by atoms with Crippen molar-refractivity contribution in [3.63, 3.8) is 0 Å². The first kappa shape index (κ1) is 29.6. The van der Waals surface area contributed by atoms with Crippen LogP contribution in [0.1, 0.15) is 38.7 Å². The molecule has 2 amide bonds. The number of nitriles is 1. The van der Waals surface area contributed by atoms with E-state index in [1.165, 1.54) is 29.2 Å². The van der Waals surface area contributed by atoms with Gasteiger partial charge in [0.2, 0.25) is 0 Å². The minimum absolute atomic E-state index is 0.0364. The molecule has 3 N–H and O–H groups in total. The fraction of sp³-hybridized carbons (Fsp3) is 0.577. The first-order valence-corrected chi connectivity index (χ1v) is 12.9. The fourth-order valence-corrected chi connectivity index (χ4v) is 4.72. The van der Waals surface area contributed by atoms with Gasteiger partial charge in [0.05, 0.1) is 25.7 Å². The summed E-state index contributed by atoms with van der Waals surface area (Å²) < 4.78 is 24.1. The lowest BCUT2D eigenvalue weighted by atomic mass is 9.76. The summed E-state index contributed by atoms with van der Waals surface area (Å²) in [7, 11) is -1.86. The molecule has 0 aliphatic carbocycles. The monoisotopic (exact) mass is 530 g/mol. The van der Waals surface area contributed by atoms with Gasteiger partial charge in [-0.3, -0.25) is 9.69 Å². The third kappa shape index (κ3) is 8.53. The van der Waals surface area contributed by atoms with Crippen LogP contribution in [0.2, 0.25) is 0 Å². The normalized spacial score (nSPS) is 20.2. The minimum Gasteiger partial charge on any atom is -0.444 e. The van der Waals surface area contributed by atoms with Gasteiger partial charge in [0, 0.05) is 25.2 Å². The first-order valence-electron chi connectivity index (χ1n) is 12.9. The predicted molar refractivity (Wildman–Crippen MR) is 138 cm³/mol. The molecule has 2 aliphatic rings. The van der Waals surface area contributed by atoms with Crippen molar-refractivity contribution in [2.45, 2.75) is 57.1 Å². The lowest BCUT2D eigenvalue weighted by molar-refractivity contribution is -0.127. The number of nitrogens with one attached hydrogen (secondary N) is 1.